The monoisotopic (exact) mass is 331 g/mol. The second kappa shape index (κ2) is 6.39. The van der Waals surface area contributed by atoms with Crippen LogP contribution in [0, 0.1) is 6.92 Å². The number of fused-ring (bicyclic) bond motifs is 1. The average molecular weight is 331 g/mol. The summed E-state index contributed by atoms with van der Waals surface area (Å²) in [6.07, 6.45) is 0.907. The van der Waals surface area contributed by atoms with Gasteiger partial charge in [-0.2, -0.15) is 0 Å². The molecule has 3 rings (SSSR count). The molecule has 1 N–H and O–H groups in total. The molecule has 2 aromatic heterocycles. The predicted octanol–water partition coefficient (Wildman–Crippen LogP) is 2.23. The van der Waals surface area contributed by atoms with E-state index in [0.717, 1.165) is 30.2 Å². The van der Waals surface area contributed by atoms with Crippen molar-refractivity contribution >= 4 is 11.8 Å². The second-order valence-corrected chi connectivity index (χ2v) is 6.80. The fourth-order valence-corrected chi connectivity index (χ4v) is 3.23. The molecule has 1 aliphatic heterocycles. The molecule has 0 aromatic carbocycles. The molecule has 0 radical (unpaired) electrons. The molecule has 1 aliphatic rings. The molecular formula is C17H25N5O2. The number of carbonyl (C=O) groups is 1. The first-order valence-corrected chi connectivity index (χ1v) is 8.39. The third-order valence-corrected chi connectivity index (χ3v) is 4.64. The van der Waals surface area contributed by atoms with Crippen molar-refractivity contribution in [3.8, 4) is 0 Å². The van der Waals surface area contributed by atoms with Crippen molar-refractivity contribution < 1.29 is 9.32 Å². The smallest absolute Gasteiger partial charge is 0.243 e. The first kappa shape index (κ1) is 16.7. The molecule has 0 bridgehead atoms. The molecule has 24 heavy (non-hydrogen) atoms. The van der Waals surface area contributed by atoms with E-state index < -0.39 is 0 Å². The summed E-state index contributed by atoms with van der Waals surface area (Å²) in [6, 6.07) is 1.46. The third kappa shape index (κ3) is 3.08. The predicted molar refractivity (Wildman–Crippen MR) is 90.7 cm³/mol. The van der Waals surface area contributed by atoms with Crippen molar-refractivity contribution in [2.75, 3.05) is 11.9 Å². The highest BCUT2D eigenvalue weighted by Gasteiger charge is 2.29. The number of nitrogens with zero attached hydrogens (tertiary/aromatic N) is 4. The molecule has 0 spiro atoms. The van der Waals surface area contributed by atoms with Crippen LogP contribution >= 0.6 is 0 Å². The van der Waals surface area contributed by atoms with E-state index in [1.54, 1.807) is 6.07 Å². The van der Waals surface area contributed by atoms with E-state index in [1.807, 2.05) is 13.8 Å². The third-order valence-electron chi connectivity index (χ3n) is 4.64. The highest BCUT2D eigenvalue weighted by molar-refractivity contribution is 5.93. The maximum Gasteiger partial charge on any atom is 0.243 e. The summed E-state index contributed by atoms with van der Waals surface area (Å²) in [7, 11) is 2.08. The van der Waals surface area contributed by atoms with Crippen molar-refractivity contribution in [1.82, 2.24) is 19.6 Å². The lowest BCUT2D eigenvalue weighted by Gasteiger charge is -2.31. The maximum atomic E-state index is 12.4. The van der Waals surface area contributed by atoms with Crippen LogP contribution in [-0.4, -0.2) is 38.1 Å². The number of hydrogen-bond acceptors (Lipinski definition) is 5. The minimum Gasteiger partial charge on any atom is -0.338 e. The van der Waals surface area contributed by atoms with Crippen LogP contribution in [0.1, 0.15) is 49.6 Å². The minimum atomic E-state index is -0.256. The second-order valence-electron chi connectivity index (χ2n) is 6.80. The topological polar surface area (TPSA) is 76.2 Å². The van der Waals surface area contributed by atoms with E-state index in [2.05, 4.69) is 40.8 Å². The fourth-order valence-electron chi connectivity index (χ4n) is 3.23. The number of amides is 1. The maximum absolute atomic E-state index is 12.4. The molecule has 0 unspecified atom stereocenters. The van der Waals surface area contributed by atoms with E-state index >= 15 is 0 Å². The lowest BCUT2D eigenvalue weighted by Crippen LogP contribution is -2.44. The SMILES string of the molecule is Cc1cc(NC(=O)[C@H](C)N2CCc3c(nc(C(C)C)n3C)C2)on1. The van der Waals surface area contributed by atoms with Gasteiger partial charge in [-0.1, -0.05) is 19.0 Å². The number of anilines is 1. The number of hydrogen-bond donors (Lipinski definition) is 1. The number of nitrogens with one attached hydrogen (secondary N) is 1. The van der Waals surface area contributed by atoms with Gasteiger partial charge in [-0.05, 0) is 13.8 Å². The Bertz CT molecular complexity index is 746. The Morgan fingerprint density at radius 2 is 2.12 bits per heavy atom. The molecule has 0 aliphatic carbocycles. The first-order chi connectivity index (χ1) is 11.4. The lowest BCUT2D eigenvalue weighted by atomic mass is 10.1. The molecule has 0 saturated carbocycles. The van der Waals surface area contributed by atoms with Crippen molar-refractivity contribution in [2.45, 2.75) is 52.6 Å². The van der Waals surface area contributed by atoms with Gasteiger partial charge in [0.2, 0.25) is 11.8 Å². The van der Waals surface area contributed by atoms with Gasteiger partial charge in [0.05, 0.1) is 17.4 Å². The minimum absolute atomic E-state index is 0.0883. The summed E-state index contributed by atoms with van der Waals surface area (Å²) in [4.78, 5) is 19.4. The number of rotatable bonds is 4. The van der Waals surface area contributed by atoms with E-state index in [0.29, 0.717) is 18.3 Å². The largest absolute Gasteiger partial charge is 0.338 e. The van der Waals surface area contributed by atoms with Gasteiger partial charge in [-0.15, -0.1) is 0 Å². The molecule has 3 heterocycles. The number of imidazole rings is 1. The summed E-state index contributed by atoms with van der Waals surface area (Å²) < 4.78 is 7.27. The molecular weight excluding hydrogens is 306 g/mol. The van der Waals surface area contributed by atoms with Crippen LogP contribution in [0.5, 0.6) is 0 Å². The number of aryl methyl sites for hydroxylation is 1. The van der Waals surface area contributed by atoms with Crippen LogP contribution in [0.2, 0.25) is 0 Å². The van der Waals surface area contributed by atoms with Crippen LogP contribution in [0.15, 0.2) is 10.6 Å². The quantitative estimate of drug-likeness (QED) is 0.930. The van der Waals surface area contributed by atoms with Crippen molar-refractivity contribution in [2.24, 2.45) is 7.05 Å². The summed E-state index contributed by atoms with van der Waals surface area (Å²) >= 11 is 0. The number of carbonyl (C=O) groups excluding carboxylic acids is 1. The lowest BCUT2D eigenvalue weighted by molar-refractivity contribution is -0.121. The van der Waals surface area contributed by atoms with Crippen molar-refractivity contribution in [1.29, 1.82) is 0 Å². The van der Waals surface area contributed by atoms with Gasteiger partial charge in [0.15, 0.2) is 0 Å². The van der Waals surface area contributed by atoms with Crippen LogP contribution in [0.3, 0.4) is 0 Å². The van der Waals surface area contributed by atoms with E-state index in [1.165, 1.54) is 5.69 Å². The summed E-state index contributed by atoms with van der Waals surface area (Å²) in [5.41, 5.74) is 3.12. The average Bonchev–Trinajstić information content (AvgIpc) is 3.09. The van der Waals surface area contributed by atoms with Gasteiger partial charge in [0.25, 0.3) is 0 Å². The van der Waals surface area contributed by atoms with Gasteiger partial charge in [-0.3, -0.25) is 15.0 Å². The summed E-state index contributed by atoms with van der Waals surface area (Å²) in [5.74, 6) is 1.80. The first-order valence-electron chi connectivity index (χ1n) is 8.39. The van der Waals surface area contributed by atoms with E-state index in [9.17, 15) is 4.79 Å². The molecule has 1 atom stereocenters. The molecule has 1 amide bonds. The van der Waals surface area contributed by atoms with E-state index in [-0.39, 0.29) is 11.9 Å². The Morgan fingerprint density at radius 3 is 2.75 bits per heavy atom. The molecule has 130 valence electrons. The highest BCUT2D eigenvalue weighted by atomic mass is 16.5. The highest BCUT2D eigenvalue weighted by Crippen LogP contribution is 2.24. The van der Waals surface area contributed by atoms with Crippen molar-refractivity contribution in [3.63, 3.8) is 0 Å². The van der Waals surface area contributed by atoms with Crippen LogP contribution in [-0.2, 0) is 24.8 Å². The van der Waals surface area contributed by atoms with E-state index in [4.69, 9.17) is 9.51 Å². The summed E-state index contributed by atoms with van der Waals surface area (Å²) in [5, 5.41) is 6.57. The standard InChI is InChI=1S/C17H25N5O2/c1-10(2)16-18-13-9-22(7-6-14(13)21(16)5)12(4)17(23)19-15-8-11(3)20-24-15/h8,10,12H,6-7,9H2,1-5H3,(H,19,23)/t12-/m0/s1. The normalized spacial score (nSPS) is 16.2. The van der Waals surface area contributed by atoms with Crippen LogP contribution < -0.4 is 5.32 Å². The van der Waals surface area contributed by atoms with Gasteiger partial charge in [0, 0.05) is 44.2 Å². The zero-order chi connectivity index (χ0) is 17.4. The molecule has 0 saturated heterocycles. The van der Waals surface area contributed by atoms with Crippen LogP contribution in [0.25, 0.3) is 0 Å². The molecule has 0 fully saturated rings. The van der Waals surface area contributed by atoms with Gasteiger partial charge in [-0.25, -0.2) is 4.98 Å². The fraction of sp³-hybridized carbons (Fsp3) is 0.588. The number of aromatic nitrogens is 3. The Morgan fingerprint density at radius 1 is 1.38 bits per heavy atom. The van der Waals surface area contributed by atoms with Gasteiger partial charge < -0.3 is 9.09 Å². The van der Waals surface area contributed by atoms with Crippen molar-refractivity contribution in [3.05, 3.63) is 29.0 Å². The zero-order valence-corrected chi connectivity index (χ0v) is 15.0. The Kier molecular flexibility index (Phi) is 4.45. The zero-order valence-electron chi connectivity index (χ0n) is 15.0. The Balaban J connectivity index is 1.70. The molecule has 2 aromatic rings. The van der Waals surface area contributed by atoms with Gasteiger partial charge in [0.1, 0.15) is 5.82 Å². The summed E-state index contributed by atoms with van der Waals surface area (Å²) in [6.45, 7) is 9.58. The Labute approximate surface area is 142 Å². The Hall–Kier alpha value is -2.15. The molecule has 7 heteroatoms. The van der Waals surface area contributed by atoms with Gasteiger partial charge >= 0.3 is 0 Å². The van der Waals surface area contributed by atoms with Crippen LogP contribution in [0.4, 0.5) is 5.88 Å². The molecule has 7 nitrogen and oxygen atoms in total.